The first-order chi connectivity index (χ1) is 11.7. The molecule has 2 aromatic heterocycles. The van der Waals surface area contributed by atoms with Crippen molar-refractivity contribution in [1.29, 1.82) is 0 Å². The quantitative estimate of drug-likeness (QED) is 0.725. The molecule has 0 fully saturated rings. The molecular weight excluding hydrogens is 386 g/mol. The standard InChI is InChI=1S/C18H16BrN3OS/c19-14-7-9-24-16(14)17-20-15-6-8-22(11-13(15)18(23)21-17)10-12-4-2-1-3-5-12/h1-5,7,9H,6,8,10-11H2,(H,20,21,23). The van der Waals surface area contributed by atoms with Crippen molar-refractivity contribution in [2.75, 3.05) is 6.54 Å². The summed E-state index contributed by atoms with van der Waals surface area (Å²) in [5.74, 6) is 0.664. The van der Waals surface area contributed by atoms with Gasteiger partial charge in [-0.3, -0.25) is 9.69 Å². The van der Waals surface area contributed by atoms with Gasteiger partial charge in [-0.05, 0) is 32.9 Å². The van der Waals surface area contributed by atoms with Gasteiger partial charge in [0, 0.05) is 30.5 Å². The second-order valence-corrected chi connectivity index (χ2v) is 7.65. The van der Waals surface area contributed by atoms with Crippen LogP contribution in [0.4, 0.5) is 0 Å². The summed E-state index contributed by atoms with van der Waals surface area (Å²) in [5, 5.41) is 1.99. The molecule has 3 heterocycles. The SMILES string of the molecule is O=c1[nH]c(-c2sccc2Br)nc2c1CN(Cc1ccccc1)CC2. The minimum absolute atomic E-state index is 0.0203. The van der Waals surface area contributed by atoms with Gasteiger partial charge in [0.2, 0.25) is 0 Å². The van der Waals surface area contributed by atoms with Gasteiger partial charge in [-0.15, -0.1) is 11.3 Å². The number of H-pyrrole nitrogens is 1. The van der Waals surface area contributed by atoms with E-state index >= 15 is 0 Å². The number of hydrogen-bond acceptors (Lipinski definition) is 4. The van der Waals surface area contributed by atoms with Crippen LogP contribution in [0.5, 0.6) is 0 Å². The highest BCUT2D eigenvalue weighted by molar-refractivity contribution is 9.10. The van der Waals surface area contributed by atoms with E-state index < -0.39 is 0 Å². The smallest absolute Gasteiger partial charge is 0.255 e. The van der Waals surface area contributed by atoms with Crippen LogP contribution in [0.1, 0.15) is 16.8 Å². The molecule has 122 valence electrons. The average Bonchev–Trinajstić information content (AvgIpc) is 3.02. The molecule has 1 N–H and O–H groups in total. The van der Waals surface area contributed by atoms with Gasteiger partial charge in [0.1, 0.15) is 0 Å². The summed E-state index contributed by atoms with van der Waals surface area (Å²) in [5.41, 5.74) is 2.98. The van der Waals surface area contributed by atoms with Crippen molar-refractivity contribution in [3.8, 4) is 10.7 Å². The Kier molecular flexibility index (Phi) is 4.35. The summed E-state index contributed by atoms with van der Waals surface area (Å²) >= 11 is 5.08. The number of hydrogen-bond donors (Lipinski definition) is 1. The first kappa shape index (κ1) is 15.7. The summed E-state index contributed by atoms with van der Waals surface area (Å²) in [6.45, 7) is 2.43. The molecule has 0 bridgehead atoms. The van der Waals surface area contributed by atoms with Crippen LogP contribution in [0, 0.1) is 0 Å². The van der Waals surface area contributed by atoms with Crippen LogP contribution >= 0.6 is 27.3 Å². The predicted octanol–water partition coefficient (Wildman–Crippen LogP) is 3.82. The van der Waals surface area contributed by atoms with Crippen LogP contribution in [0.15, 0.2) is 51.0 Å². The Morgan fingerprint density at radius 3 is 2.83 bits per heavy atom. The zero-order valence-corrected chi connectivity index (χ0v) is 15.4. The van der Waals surface area contributed by atoms with Crippen molar-refractivity contribution >= 4 is 27.3 Å². The third-order valence-electron chi connectivity index (χ3n) is 4.23. The Balaban J connectivity index is 1.61. The number of benzene rings is 1. The van der Waals surface area contributed by atoms with E-state index in [0.717, 1.165) is 40.1 Å². The van der Waals surface area contributed by atoms with E-state index in [4.69, 9.17) is 4.98 Å². The topological polar surface area (TPSA) is 49.0 Å². The number of rotatable bonds is 3. The van der Waals surface area contributed by atoms with Gasteiger partial charge < -0.3 is 4.98 Å². The van der Waals surface area contributed by atoms with E-state index in [1.54, 1.807) is 11.3 Å². The molecule has 4 nitrogen and oxygen atoms in total. The summed E-state index contributed by atoms with van der Waals surface area (Å²) in [6.07, 6.45) is 0.808. The summed E-state index contributed by atoms with van der Waals surface area (Å²) in [7, 11) is 0. The van der Waals surface area contributed by atoms with Crippen LogP contribution in [0.3, 0.4) is 0 Å². The van der Waals surface area contributed by atoms with E-state index in [2.05, 4.69) is 37.9 Å². The second kappa shape index (κ2) is 6.63. The number of halogens is 1. The van der Waals surface area contributed by atoms with Gasteiger partial charge in [-0.25, -0.2) is 4.98 Å². The largest absolute Gasteiger partial charge is 0.306 e. The van der Waals surface area contributed by atoms with Gasteiger partial charge in [-0.2, -0.15) is 0 Å². The number of thiophene rings is 1. The molecular formula is C18H16BrN3OS. The number of nitrogens with zero attached hydrogens (tertiary/aromatic N) is 2. The lowest BCUT2D eigenvalue weighted by molar-refractivity contribution is 0.242. The minimum Gasteiger partial charge on any atom is -0.306 e. The Hall–Kier alpha value is -1.76. The van der Waals surface area contributed by atoms with Crippen LogP contribution in [-0.2, 0) is 19.5 Å². The minimum atomic E-state index is -0.0203. The zero-order valence-electron chi connectivity index (χ0n) is 13.0. The van der Waals surface area contributed by atoms with Gasteiger partial charge in [0.25, 0.3) is 5.56 Å². The predicted molar refractivity (Wildman–Crippen MR) is 100 cm³/mol. The zero-order chi connectivity index (χ0) is 16.5. The first-order valence-corrected chi connectivity index (χ1v) is 9.49. The number of fused-ring (bicyclic) bond motifs is 1. The second-order valence-electron chi connectivity index (χ2n) is 5.88. The molecule has 4 rings (SSSR count). The molecule has 0 radical (unpaired) electrons. The molecule has 3 aromatic rings. The van der Waals surface area contributed by atoms with Gasteiger partial charge in [-0.1, -0.05) is 30.3 Å². The number of nitrogens with one attached hydrogen (secondary N) is 1. The average molecular weight is 402 g/mol. The lowest BCUT2D eigenvalue weighted by Gasteiger charge is -2.27. The van der Waals surface area contributed by atoms with E-state index in [0.29, 0.717) is 12.4 Å². The van der Waals surface area contributed by atoms with Crippen LogP contribution < -0.4 is 5.56 Å². The Bertz CT molecular complexity index is 920. The lowest BCUT2D eigenvalue weighted by Crippen LogP contribution is -2.35. The highest BCUT2D eigenvalue weighted by Gasteiger charge is 2.22. The van der Waals surface area contributed by atoms with Crippen molar-refractivity contribution in [3.63, 3.8) is 0 Å². The van der Waals surface area contributed by atoms with Crippen molar-refractivity contribution in [2.45, 2.75) is 19.5 Å². The molecule has 24 heavy (non-hydrogen) atoms. The van der Waals surface area contributed by atoms with Crippen molar-refractivity contribution in [1.82, 2.24) is 14.9 Å². The van der Waals surface area contributed by atoms with Crippen LogP contribution in [-0.4, -0.2) is 21.4 Å². The number of aromatic amines is 1. The van der Waals surface area contributed by atoms with Crippen molar-refractivity contribution in [2.24, 2.45) is 0 Å². The monoisotopic (exact) mass is 401 g/mol. The van der Waals surface area contributed by atoms with Crippen LogP contribution in [0.25, 0.3) is 10.7 Å². The maximum absolute atomic E-state index is 12.6. The molecule has 0 saturated heterocycles. The molecule has 0 saturated carbocycles. The van der Waals surface area contributed by atoms with Gasteiger partial charge in [0.15, 0.2) is 5.82 Å². The fraction of sp³-hybridized carbons (Fsp3) is 0.222. The fourth-order valence-corrected chi connectivity index (χ4v) is 4.53. The molecule has 0 amide bonds. The Morgan fingerprint density at radius 1 is 1.25 bits per heavy atom. The van der Waals surface area contributed by atoms with E-state index in [-0.39, 0.29) is 5.56 Å². The van der Waals surface area contributed by atoms with E-state index in [1.807, 2.05) is 29.6 Å². The Labute approximate surface area is 152 Å². The molecule has 1 aliphatic rings. The maximum Gasteiger partial charge on any atom is 0.255 e. The highest BCUT2D eigenvalue weighted by Crippen LogP contribution is 2.31. The fourth-order valence-electron chi connectivity index (χ4n) is 3.03. The van der Waals surface area contributed by atoms with E-state index in [1.165, 1.54) is 5.56 Å². The summed E-state index contributed by atoms with van der Waals surface area (Å²) in [4.78, 5) is 23.5. The maximum atomic E-state index is 12.6. The third kappa shape index (κ3) is 3.09. The third-order valence-corrected chi connectivity index (χ3v) is 6.07. The normalized spacial score (nSPS) is 14.5. The molecule has 1 aliphatic heterocycles. The summed E-state index contributed by atoms with van der Waals surface area (Å²) < 4.78 is 0.970. The lowest BCUT2D eigenvalue weighted by atomic mass is 10.1. The number of aromatic nitrogens is 2. The summed E-state index contributed by atoms with van der Waals surface area (Å²) in [6, 6.07) is 12.3. The first-order valence-electron chi connectivity index (χ1n) is 7.82. The molecule has 1 aromatic carbocycles. The molecule has 0 spiro atoms. The molecule has 6 heteroatoms. The van der Waals surface area contributed by atoms with Gasteiger partial charge in [0.05, 0.1) is 16.1 Å². The molecule has 0 unspecified atom stereocenters. The molecule has 0 aliphatic carbocycles. The van der Waals surface area contributed by atoms with Gasteiger partial charge >= 0.3 is 0 Å². The van der Waals surface area contributed by atoms with Crippen molar-refractivity contribution < 1.29 is 0 Å². The van der Waals surface area contributed by atoms with Crippen LogP contribution in [0.2, 0.25) is 0 Å². The highest BCUT2D eigenvalue weighted by atomic mass is 79.9. The van der Waals surface area contributed by atoms with Crippen molar-refractivity contribution in [3.05, 3.63) is 73.4 Å². The molecule has 0 atom stereocenters. The Morgan fingerprint density at radius 2 is 2.08 bits per heavy atom. The van der Waals surface area contributed by atoms with E-state index in [9.17, 15) is 4.79 Å².